The smallest absolute Gasteiger partial charge is 0.0777 e. The van der Waals surface area contributed by atoms with E-state index in [1.165, 1.54) is 19.3 Å². The maximum atomic E-state index is 10.7. The number of likely N-dealkylation sites (tertiary alicyclic amines) is 1. The molecule has 0 aromatic carbocycles. The monoisotopic (exact) mass is 239 g/mol. The molecule has 1 heterocycles. The Labute approximate surface area is 106 Å². The second-order valence-corrected chi connectivity index (χ2v) is 6.84. The summed E-state index contributed by atoms with van der Waals surface area (Å²) in [7, 11) is 2.23. The highest BCUT2D eigenvalue weighted by atomic mass is 16.3. The van der Waals surface area contributed by atoms with Gasteiger partial charge in [0.15, 0.2) is 0 Å². The van der Waals surface area contributed by atoms with Gasteiger partial charge in [-0.05, 0) is 57.4 Å². The highest BCUT2D eigenvalue weighted by Crippen LogP contribution is 2.47. The predicted octanol–water partition coefficient (Wildman–Crippen LogP) is 2.90. The first kappa shape index (κ1) is 13.4. The van der Waals surface area contributed by atoms with Gasteiger partial charge < -0.3 is 5.11 Å². The normalized spacial score (nSPS) is 52.2. The molecule has 6 unspecified atom stereocenters. The van der Waals surface area contributed by atoms with Crippen LogP contribution >= 0.6 is 0 Å². The van der Waals surface area contributed by atoms with Crippen LogP contribution in [0.3, 0.4) is 0 Å². The second kappa shape index (κ2) is 4.55. The Kier molecular flexibility index (Phi) is 3.57. The van der Waals surface area contributed by atoms with E-state index in [1.54, 1.807) is 0 Å². The minimum absolute atomic E-state index is 0.361. The molecule has 6 atom stereocenters. The van der Waals surface area contributed by atoms with Gasteiger partial charge in [0, 0.05) is 12.1 Å². The van der Waals surface area contributed by atoms with Crippen LogP contribution in [0, 0.1) is 17.8 Å². The third kappa shape index (κ3) is 2.15. The van der Waals surface area contributed by atoms with Crippen LogP contribution in [-0.2, 0) is 0 Å². The topological polar surface area (TPSA) is 23.5 Å². The van der Waals surface area contributed by atoms with Gasteiger partial charge in [0.25, 0.3) is 0 Å². The second-order valence-electron chi connectivity index (χ2n) is 6.84. The number of aliphatic hydroxyl groups is 1. The number of piperidine rings is 1. The van der Waals surface area contributed by atoms with Gasteiger partial charge in [-0.3, -0.25) is 4.90 Å². The van der Waals surface area contributed by atoms with E-state index in [1.807, 2.05) is 0 Å². The molecule has 0 spiro atoms. The summed E-state index contributed by atoms with van der Waals surface area (Å²) in [4.78, 5) is 2.49. The quantitative estimate of drug-likeness (QED) is 0.760. The molecule has 2 fully saturated rings. The lowest BCUT2D eigenvalue weighted by molar-refractivity contribution is -0.142. The number of rotatable bonds is 1. The Morgan fingerprint density at radius 1 is 1.29 bits per heavy atom. The molecular weight excluding hydrogens is 210 g/mol. The lowest BCUT2D eigenvalue weighted by Crippen LogP contribution is -2.64. The molecule has 2 rings (SSSR count). The Balaban J connectivity index is 2.30. The molecule has 1 aliphatic heterocycles. The van der Waals surface area contributed by atoms with Crippen molar-refractivity contribution in [3.8, 4) is 0 Å². The van der Waals surface area contributed by atoms with Crippen LogP contribution in [0.25, 0.3) is 0 Å². The fraction of sp³-hybridized carbons (Fsp3) is 1.00. The standard InChI is InChI=1S/C15H29NO/c1-6-12-9-11(3)13-10(2)7-8-15(4,17)14(13)16(12)5/h10-14,17H,6-9H2,1-5H3. The Hall–Kier alpha value is -0.0800. The Bertz CT molecular complexity index is 276. The van der Waals surface area contributed by atoms with Gasteiger partial charge in [-0.2, -0.15) is 0 Å². The zero-order valence-corrected chi connectivity index (χ0v) is 12.1. The van der Waals surface area contributed by atoms with Crippen LogP contribution < -0.4 is 0 Å². The minimum Gasteiger partial charge on any atom is -0.389 e. The van der Waals surface area contributed by atoms with Crippen molar-refractivity contribution in [1.29, 1.82) is 0 Å². The summed E-state index contributed by atoms with van der Waals surface area (Å²) in [5.41, 5.74) is -0.492. The average molecular weight is 239 g/mol. The van der Waals surface area contributed by atoms with E-state index in [2.05, 4.69) is 39.6 Å². The van der Waals surface area contributed by atoms with Crippen molar-refractivity contribution >= 4 is 0 Å². The lowest BCUT2D eigenvalue weighted by atomic mass is 9.61. The van der Waals surface area contributed by atoms with E-state index in [4.69, 9.17) is 0 Å². The van der Waals surface area contributed by atoms with E-state index in [-0.39, 0.29) is 0 Å². The highest BCUT2D eigenvalue weighted by Gasteiger charge is 2.51. The van der Waals surface area contributed by atoms with E-state index >= 15 is 0 Å². The third-order valence-electron chi connectivity index (χ3n) is 5.55. The van der Waals surface area contributed by atoms with Crippen molar-refractivity contribution in [1.82, 2.24) is 4.90 Å². The number of hydrogen-bond donors (Lipinski definition) is 1. The van der Waals surface area contributed by atoms with E-state index in [0.717, 1.165) is 18.3 Å². The molecule has 0 aromatic heterocycles. The van der Waals surface area contributed by atoms with Gasteiger partial charge in [0.2, 0.25) is 0 Å². The largest absolute Gasteiger partial charge is 0.389 e. The average Bonchev–Trinajstić information content (AvgIpc) is 2.26. The Morgan fingerprint density at radius 3 is 2.53 bits per heavy atom. The summed E-state index contributed by atoms with van der Waals surface area (Å²) in [5.74, 6) is 2.19. The molecule has 1 N–H and O–H groups in total. The van der Waals surface area contributed by atoms with Gasteiger partial charge in [-0.25, -0.2) is 0 Å². The fourth-order valence-corrected chi connectivity index (χ4v) is 4.60. The Morgan fingerprint density at radius 2 is 1.94 bits per heavy atom. The molecule has 2 heteroatoms. The van der Waals surface area contributed by atoms with Gasteiger partial charge in [0.1, 0.15) is 0 Å². The SMILES string of the molecule is CCC1CC(C)C2C(C)CCC(C)(O)C2N1C. The van der Waals surface area contributed by atoms with Crippen LogP contribution in [0.4, 0.5) is 0 Å². The number of hydrogen-bond acceptors (Lipinski definition) is 2. The maximum absolute atomic E-state index is 10.7. The van der Waals surface area contributed by atoms with Gasteiger partial charge in [0.05, 0.1) is 5.60 Å². The summed E-state index contributed by atoms with van der Waals surface area (Å²) in [6.45, 7) is 9.10. The lowest BCUT2D eigenvalue weighted by Gasteiger charge is -2.57. The first-order valence-electron chi connectivity index (χ1n) is 7.32. The zero-order valence-electron chi connectivity index (χ0n) is 12.1. The summed E-state index contributed by atoms with van der Waals surface area (Å²) in [6, 6.07) is 1.02. The van der Waals surface area contributed by atoms with Crippen molar-refractivity contribution in [2.45, 2.75) is 71.1 Å². The van der Waals surface area contributed by atoms with Crippen molar-refractivity contribution in [2.75, 3.05) is 7.05 Å². The molecular formula is C15H29NO. The number of fused-ring (bicyclic) bond motifs is 1. The molecule has 1 saturated carbocycles. The van der Waals surface area contributed by atoms with Gasteiger partial charge >= 0.3 is 0 Å². The number of nitrogens with zero attached hydrogens (tertiary/aromatic N) is 1. The molecule has 2 aliphatic rings. The molecule has 0 amide bonds. The minimum atomic E-state index is -0.492. The molecule has 1 saturated heterocycles. The summed E-state index contributed by atoms with van der Waals surface area (Å²) < 4.78 is 0. The van der Waals surface area contributed by atoms with Crippen LogP contribution in [-0.4, -0.2) is 34.7 Å². The van der Waals surface area contributed by atoms with E-state index < -0.39 is 5.60 Å². The van der Waals surface area contributed by atoms with E-state index in [9.17, 15) is 5.11 Å². The van der Waals surface area contributed by atoms with Crippen LogP contribution in [0.5, 0.6) is 0 Å². The van der Waals surface area contributed by atoms with Crippen molar-refractivity contribution in [2.24, 2.45) is 17.8 Å². The zero-order chi connectivity index (χ0) is 12.8. The number of likely N-dealkylation sites (N-methyl/N-ethyl adjacent to an activating group) is 1. The highest BCUT2D eigenvalue weighted by molar-refractivity contribution is 5.04. The predicted molar refractivity (Wildman–Crippen MR) is 71.9 cm³/mol. The summed E-state index contributed by atoms with van der Waals surface area (Å²) in [6.07, 6.45) is 4.65. The first-order chi connectivity index (χ1) is 7.88. The van der Waals surface area contributed by atoms with Gasteiger partial charge in [-0.15, -0.1) is 0 Å². The van der Waals surface area contributed by atoms with Crippen LogP contribution in [0.15, 0.2) is 0 Å². The molecule has 100 valence electrons. The fourth-order valence-electron chi connectivity index (χ4n) is 4.60. The molecule has 0 aromatic rings. The third-order valence-corrected chi connectivity index (χ3v) is 5.55. The summed E-state index contributed by atoms with van der Waals surface area (Å²) in [5, 5.41) is 10.7. The van der Waals surface area contributed by atoms with Crippen LogP contribution in [0.1, 0.15) is 53.4 Å². The van der Waals surface area contributed by atoms with Crippen molar-refractivity contribution < 1.29 is 5.11 Å². The summed E-state index contributed by atoms with van der Waals surface area (Å²) >= 11 is 0. The van der Waals surface area contributed by atoms with Crippen LogP contribution in [0.2, 0.25) is 0 Å². The van der Waals surface area contributed by atoms with Crippen molar-refractivity contribution in [3.63, 3.8) is 0 Å². The molecule has 0 bridgehead atoms. The molecule has 0 radical (unpaired) electrons. The van der Waals surface area contributed by atoms with E-state index in [0.29, 0.717) is 18.0 Å². The van der Waals surface area contributed by atoms with Crippen molar-refractivity contribution in [3.05, 3.63) is 0 Å². The molecule has 2 nitrogen and oxygen atoms in total. The van der Waals surface area contributed by atoms with Gasteiger partial charge in [-0.1, -0.05) is 20.8 Å². The molecule has 1 aliphatic carbocycles. The molecule has 17 heavy (non-hydrogen) atoms. The first-order valence-corrected chi connectivity index (χ1v) is 7.32. The maximum Gasteiger partial charge on any atom is 0.0777 e.